The lowest BCUT2D eigenvalue weighted by Crippen LogP contribution is -2.37. The van der Waals surface area contributed by atoms with Gasteiger partial charge in [0.15, 0.2) is 5.78 Å². The molecule has 2 rings (SSSR count). The summed E-state index contributed by atoms with van der Waals surface area (Å²) in [5, 5.41) is 0. The van der Waals surface area contributed by atoms with Gasteiger partial charge in [0.05, 0.1) is 6.61 Å². The molecular weight excluding hydrogens is 274 g/mol. The van der Waals surface area contributed by atoms with Gasteiger partial charge in [-0.3, -0.25) is 13.9 Å². The largest absolute Gasteiger partial charge is 0.494 e. The van der Waals surface area contributed by atoms with Crippen molar-refractivity contribution in [3.63, 3.8) is 0 Å². The number of ether oxygens (including phenoxy) is 1. The molecule has 110 valence electrons. The molecule has 0 N–H and O–H groups in total. The van der Waals surface area contributed by atoms with Gasteiger partial charge in [-0.15, -0.1) is 0 Å². The van der Waals surface area contributed by atoms with E-state index in [4.69, 9.17) is 4.74 Å². The van der Waals surface area contributed by atoms with E-state index in [9.17, 15) is 9.00 Å². The Kier molecular flexibility index (Phi) is 5.31. The number of carbonyl (C=O) groups excluding carboxylic acids is 1. The second kappa shape index (κ2) is 6.99. The Morgan fingerprint density at radius 1 is 1.35 bits per heavy atom. The molecule has 1 aliphatic heterocycles. The highest BCUT2D eigenvalue weighted by atomic mass is 32.2. The van der Waals surface area contributed by atoms with E-state index in [0.29, 0.717) is 12.2 Å². The number of rotatable bonds is 5. The SMILES string of the molecule is CCOc1ccc(C(C)=O)cc1CN1CCS(=O)CC1. The van der Waals surface area contributed by atoms with Crippen LogP contribution in [0, 0.1) is 0 Å². The number of Topliss-reactive ketones (excluding diaryl/α,β-unsaturated/α-hetero) is 1. The van der Waals surface area contributed by atoms with Crippen LogP contribution in [0.4, 0.5) is 0 Å². The molecule has 0 aromatic heterocycles. The fourth-order valence-electron chi connectivity index (χ4n) is 2.29. The smallest absolute Gasteiger partial charge is 0.159 e. The first-order valence-electron chi connectivity index (χ1n) is 6.94. The van der Waals surface area contributed by atoms with Crippen LogP contribution < -0.4 is 4.74 Å². The van der Waals surface area contributed by atoms with Crippen LogP contribution in [-0.2, 0) is 17.3 Å². The molecule has 0 radical (unpaired) electrons. The summed E-state index contributed by atoms with van der Waals surface area (Å²) in [5.74, 6) is 2.37. The van der Waals surface area contributed by atoms with E-state index < -0.39 is 10.8 Å². The molecule has 0 bridgehead atoms. The average molecular weight is 295 g/mol. The van der Waals surface area contributed by atoms with Crippen LogP contribution in [0.25, 0.3) is 0 Å². The standard InChI is InChI=1S/C15H21NO3S/c1-3-19-15-5-4-13(12(2)17)10-14(15)11-16-6-8-20(18)9-7-16/h4-5,10H,3,6-9,11H2,1-2H3. The Labute approximate surface area is 122 Å². The molecule has 1 fully saturated rings. The van der Waals surface area contributed by atoms with E-state index in [2.05, 4.69) is 4.90 Å². The number of carbonyl (C=O) groups is 1. The number of hydrogen-bond acceptors (Lipinski definition) is 4. The molecule has 1 heterocycles. The molecule has 1 aromatic carbocycles. The van der Waals surface area contributed by atoms with Crippen molar-refractivity contribution >= 4 is 16.6 Å². The molecule has 0 spiro atoms. The minimum atomic E-state index is -0.666. The second-order valence-corrected chi connectivity index (χ2v) is 6.63. The average Bonchev–Trinajstić information content (AvgIpc) is 2.43. The van der Waals surface area contributed by atoms with Crippen molar-refractivity contribution in [1.82, 2.24) is 4.90 Å². The summed E-state index contributed by atoms with van der Waals surface area (Å²) in [7, 11) is -0.666. The number of hydrogen-bond donors (Lipinski definition) is 0. The van der Waals surface area contributed by atoms with Crippen LogP contribution in [0.1, 0.15) is 29.8 Å². The van der Waals surface area contributed by atoms with Gasteiger partial charge in [-0.25, -0.2) is 0 Å². The fraction of sp³-hybridized carbons (Fsp3) is 0.533. The van der Waals surface area contributed by atoms with Crippen LogP contribution in [-0.4, -0.2) is 46.1 Å². The molecule has 0 unspecified atom stereocenters. The van der Waals surface area contributed by atoms with E-state index >= 15 is 0 Å². The van der Waals surface area contributed by atoms with Crippen molar-refractivity contribution in [3.8, 4) is 5.75 Å². The third kappa shape index (κ3) is 3.90. The summed E-state index contributed by atoms with van der Waals surface area (Å²) >= 11 is 0. The second-order valence-electron chi connectivity index (χ2n) is 4.94. The van der Waals surface area contributed by atoms with Crippen molar-refractivity contribution in [3.05, 3.63) is 29.3 Å². The van der Waals surface area contributed by atoms with E-state index in [1.165, 1.54) is 0 Å². The van der Waals surface area contributed by atoms with Crippen molar-refractivity contribution in [2.45, 2.75) is 20.4 Å². The molecule has 0 saturated carbocycles. The van der Waals surface area contributed by atoms with Crippen molar-refractivity contribution in [2.75, 3.05) is 31.2 Å². The van der Waals surface area contributed by atoms with Gasteiger partial charge < -0.3 is 4.74 Å². The maximum atomic E-state index is 11.5. The number of nitrogens with zero attached hydrogens (tertiary/aromatic N) is 1. The van der Waals surface area contributed by atoms with Crippen molar-refractivity contribution in [1.29, 1.82) is 0 Å². The zero-order chi connectivity index (χ0) is 14.5. The third-order valence-electron chi connectivity index (χ3n) is 3.43. The zero-order valence-corrected chi connectivity index (χ0v) is 12.9. The van der Waals surface area contributed by atoms with E-state index in [1.807, 2.05) is 25.1 Å². The van der Waals surface area contributed by atoms with Gasteiger partial charge in [-0.1, -0.05) is 0 Å². The Balaban J connectivity index is 2.16. The summed E-state index contributed by atoms with van der Waals surface area (Å²) < 4.78 is 17.0. The molecular formula is C15H21NO3S. The van der Waals surface area contributed by atoms with Gasteiger partial charge in [0.1, 0.15) is 5.75 Å². The van der Waals surface area contributed by atoms with Gasteiger partial charge in [-0.05, 0) is 32.0 Å². The normalized spacial score (nSPS) is 17.1. The number of benzene rings is 1. The summed E-state index contributed by atoms with van der Waals surface area (Å²) in [6.45, 7) is 6.55. The number of ketones is 1. The van der Waals surface area contributed by atoms with Gasteiger partial charge in [0, 0.05) is 53.1 Å². The highest BCUT2D eigenvalue weighted by Crippen LogP contribution is 2.23. The van der Waals surface area contributed by atoms with Crippen molar-refractivity contribution in [2.24, 2.45) is 0 Å². The molecule has 0 amide bonds. The van der Waals surface area contributed by atoms with Gasteiger partial charge in [-0.2, -0.15) is 0 Å². The maximum absolute atomic E-state index is 11.5. The molecule has 1 saturated heterocycles. The first kappa shape index (κ1) is 15.2. The summed E-state index contributed by atoms with van der Waals surface area (Å²) in [5.41, 5.74) is 1.75. The maximum Gasteiger partial charge on any atom is 0.159 e. The van der Waals surface area contributed by atoms with Crippen LogP contribution in [0.15, 0.2) is 18.2 Å². The minimum Gasteiger partial charge on any atom is -0.494 e. The Morgan fingerprint density at radius 2 is 2.05 bits per heavy atom. The highest BCUT2D eigenvalue weighted by Gasteiger charge is 2.17. The molecule has 20 heavy (non-hydrogen) atoms. The quantitative estimate of drug-likeness (QED) is 0.778. The van der Waals surface area contributed by atoms with Crippen LogP contribution in [0.3, 0.4) is 0 Å². The Bertz CT molecular complexity index is 506. The van der Waals surface area contributed by atoms with Gasteiger partial charge in [0.25, 0.3) is 0 Å². The lowest BCUT2D eigenvalue weighted by Gasteiger charge is -2.27. The molecule has 5 heteroatoms. The molecule has 1 aromatic rings. The predicted octanol–water partition coefficient (Wildman–Crippen LogP) is 1.85. The lowest BCUT2D eigenvalue weighted by molar-refractivity contribution is 0.101. The molecule has 1 aliphatic rings. The summed E-state index contributed by atoms with van der Waals surface area (Å²) in [6.07, 6.45) is 0. The monoisotopic (exact) mass is 295 g/mol. The van der Waals surface area contributed by atoms with Crippen molar-refractivity contribution < 1.29 is 13.7 Å². The third-order valence-corrected chi connectivity index (χ3v) is 4.71. The zero-order valence-electron chi connectivity index (χ0n) is 12.1. The van der Waals surface area contributed by atoms with Gasteiger partial charge >= 0.3 is 0 Å². The van der Waals surface area contributed by atoms with E-state index in [-0.39, 0.29) is 5.78 Å². The van der Waals surface area contributed by atoms with Crippen LogP contribution >= 0.6 is 0 Å². The minimum absolute atomic E-state index is 0.0639. The topological polar surface area (TPSA) is 46.6 Å². The predicted molar refractivity (Wildman–Crippen MR) is 80.8 cm³/mol. The first-order chi connectivity index (χ1) is 9.60. The fourth-order valence-corrected chi connectivity index (χ4v) is 3.42. The molecule has 4 nitrogen and oxygen atoms in total. The lowest BCUT2D eigenvalue weighted by atomic mass is 10.1. The first-order valence-corrected chi connectivity index (χ1v) is 8.43. The molecule has 0 aliphatic carbocycles. The highest BCUT2D eigenvalue weighted by molar-refractivity contribution is 7.85. The van der Waals surface area contributed by atoms with E-state index in [0.717, 1.165) is 42.5 Å². The van der Waals surface area contributed by atoms with Gasteiger partial charge in [0.2, 0.25) is 0 Å². The summed E-state index contributed by atoms with van der Waals surface area (Å²) in [4.78, 5) is 13.8. The summed E-state index contributed by atoms with van der Waals surface area (Å²) in [6, 6.07) is 5.60. The van der Waals surface area contributed by atoms with Crippen LogP contribution in [0.2, 0.25) is 0 Å². The Hall–Kier alpha value is -1.20. The van der Waals surface area contributed by atoms with E-state index in [1.54, 1.807) is 6.92 Å². The Morgan fingerprint density at radius 3 is 2.65 bits per heavy atom. The van der Waals surface area contributed by atoms with Crippen LogP contribution in [0.5, 0.6) is 5.75 Å². The molecule has 0 atom stereocenters.